The van der Waals surface area contributed by atoms with Gasteiger partial charge in [-0.05, 0) is 34.9 Å². The van der Waals surface area contributed by atoms with Gasteiger partial charge in [-0.25, -0.2) is 4.52 Å². The molecule has 0 saturated carbocycles. The number of nitrogen functional groups attached to an aromatic ring is 1. The minimum absolute atomic E-state index is 0.280. The van der Waals surface area contributed by atoms with Crippen molar-refractivity contribution in [2.45, 2.75) is 6.54 Å². The molecule has 3 rings (SSSR count). The number of rotatable bonds is 2. The van der Waals surface area contributed by atoms with E-state index in [9.17, 15) is 0 Å². The molecule has 0 amide bonds. The Kier molecular flexibility index (Phi) is 2.46. The fourth-order valence-electron chi connectivity index (χ4n) is 1.96. The summed E-state index contributed by atoms with van der Waals surface area (Å²) in [6.45, 7) is 0.536. The molecule has 0 aliphatic carbocycles. The summed E-state index contributed by atoms with van der Waals surface area (Å²) >= 11 is 0. The van der Waals surface area contributed by atoms with E-state index in [-0.39, 0.29) is 5.95 Å². The molecule has 0 atom stereocenters. The molecule has 0 spiro atoms. The average Bonchev–Trinajstić information content (AvgIpc) is 2.77. The molecule has 0 bridgehead atoms. The third-order valence-corrected chi connectivity index (χ3v) is 2.85. The van der Waals surface area contributed by atoms with Crippen LogP contribution in [0.5, 0.6) is 0 Å². The monoisotopic (exact) mass is 239 g/mol. The van der Waals surface area contributed by atoms with E-state index in [0.29, 0.717) is 6.54 Å². The van der Waals surface area contributed by atoms with Crippen molar-refractivity contribution in [1.29, 1.82) is 0 Å². The standard InChI is InChI=1S/C13H13N5/c14-8-9-2-1-3-10(6-9)11-4-5-18-12(7-11)16-13(15)17-18/h1-7H,8,14H2,(H2,15,17). The molecule has 3 aromatic rings. The lowest BCUT2D eigenvalue weighted by Gasteiger charge is -2.04. The van der Waals surface area contributed by atoms with Crippen molar-refractivity contribution in [2.75, 3.05) is 5.73 Å². The van der Waals surface area contributed by atoms with Crippen LogP contribution in [0.15, 0.2) is 42.6 Å². The number of hydrogen-bond acceptors (Lipinski definition) is 4. The predicted molar refractivity (Wildman–Crippen MR) is 70.7 cm³/mol. The smallest absolute Gasteiger partial charge is 0.240 e. The van der Waals surface area contributed by atoms with Crippen LogP contribution in [0.1, 0.15) is 5.56 Å². The van der Waals surface area contributed by atoms with E-state index in [4.69, 9.17) is 11.5 Å². The quantitative estimate of drug-likeness (QED) is 0.708. The molecule has 5 heteroatoms. The molecule has 18 heavy (non-hydrogen) atoms. The highest BCUT2D eigenvalue weighted by atomic mass is 15.3. The van der Waals surface area contributed by atoms with Crippen LogP contribution in [0.4, 0.5) is 5.95 Å². The van der Waals surface area contributed by atoms with Crippen molar-refractivity contribution >= 4 is 11.6 Å². The zero-order valence-electron chi connectivity index (χ0n) is 9.74. The van der Waals surface area contributed by atoms with Crippen LogP contribution in [-0.2, 0) is 6.54 Å². The molecule has 0 fully saturated rings. The summed E-state index contributed by atoms with van der Waals surface area (Å²) in [5.41, 5.74) is 15.2. The summed E-state index contributed by atoms with van der Waals surface area (Å²) in [7, 11) is 0. The molecule has 2 aromatic heterocycles. The van der Waals surface area contributed by atoms with Crippen molar-refractivity contribution in [3.63, 3.8) is 0 Å². The lowest BCUT2D eigenvalue weighted by atomic mass is 10.0. The Hall–Kier alpha value is -2.40. The Balaban J connectivity index is 2.12. The van der Waals surface area contributed by atoms with Crippen LogP contribution in [0, 0.1) is 0 Å². The molecule has 90 valence electrons. The first-order valence-corrected chi connectivity index (χ1v) is 5.67. The van der Waals surface area contributed by atoms with Gasteiger partial charge in [0.15, 0.2) is 5.65 Å². The van der Waals surface area contributed by atoms with E-state index in [1.807, 2.05) is 36.5 Å². The molecule has 0 aliphatic heterocycles. The molecule has 2 heterocycles. The van der Waals surface area contributed by atoms with Crippen LogP contribution in [-0.4, -0.2) is 14.6 Å². The van der Waals surface area contributed by atoms with E-state index < -0.39 is 0 Å². The molecule has 0 unspecified atom stereocenters. The fraction of sp³-hybridized carbons (Fsp3) is 0.0769. The first-order chi connectivity index (χ1) is 8.76. The van der Waals surface area contributed by atoms with E-state index in [1.165, 1.54) is 0 Å². The zero-order valence-corrected chi connectivity index (χ0v) is 9.74. The minimum atomic E-state index is 0.280. The zero-order chi connectivity index (χ0) is 12.5. The highest BCUT2D eigenvalue weighted by Crippen LogP contribution is 2.21. The number of nitrogens with two attached hydrogens (primary N) is 2. The maximum absolute atomic E-state index is 5.65. The van der Waals surface area contributed by atoms with Crippen LogP contribution in [0.2, 0.25) is 0 Å². The Labute approximate surface area is 104 Å². The number of aromatic nitrogens is 3. The molecular weight excluding hydrogens is 226 g/mol. The normalized spacial score (nSPS) is 10.9. The van der Waals surface area contributed by atoms with Crippen LogP contribution < -0.4 is 11.5 Å². The van der Waals surface area contributed by atoms with Gasteiger partial charge < -0.3 is 11.5 Å². The van der Waals surface area contributed by atoms with Crippen LogP contribution in [0.3, 0.4) is 0 Å². The Morgan fingerprint density at radius 1 is 1.11 bits per heavy atom. The topological polar surface area (TPSA) is 82.2 Å². The third-order valence-electron chi connectivity index (χ3n) is 2.85. The maximum atomic E-state index is 5.65. The second kappa shape index (κ2) is 4.12. The number of pyridine rings is 1. The summed E-state index contributed by atoms with van der Waals surface area (Å²) in [5.74, 6) is 0.280. The molecule has 0 saturated heterocycles. The molecule has 1 aromatic carbocycles. The maximum Gasteiger partial charge on any atom is 0.240 e. The fourth-order valence-corrected chi connectivity index (χ4v) is 1.96. The Morgan fingerprint density at radius 2 is 1.94 bits per heavy atom. The van der Waals surface area contributed by atoms with E-state index in [1.54, 1.807) is 4.52 Å². The van der Waals surface area contributed by atoms with E-state index in [2.05, 4.69) is 16.1 Å². The molecule has 4 N–H and O–H groups in total. The van der Waals surface area contributed by atoms with Gasteiger partial charge in [-0.3, -0.25) is 0 Å². The second-order valence-corrected chi connectivity index (χ2v) is 4.09. The number of fused-ring (bicyclic) bond motifs is 1. The SMILES string of the molecule is NCc1cccc(-c2ccn3nc(N)nc3c2)c1. The summed E-state index contributed by atoms with van der Waals surface area (Å²) < 4.78 is 1.66. The Bertz CT molecular complexity index is 701. The van der Waals surface area contributed by atoms with Gasteiger partial charge in [-0.1, -0.05) is 18.2 Å². The van der Waals surface area contributed by atoms with Gasteiger partial charge in [-0.2, -0.15) is 4.98 Å². The van der Waals surface area contributed by atoms with Crippen molar-refractivity contribution in [1.82, 2.24) is 14.6 Å². The number of anilines is 1. The van der Waals surface area contributed by atoms with Gasteiger partial charge in [-0.15, -0.1) is 5.10 Å². The lowest BCUT2D eigenvalue weighted by Crippen LogP contribution is -1.96. The van der Waals surface area contributed by atoms with Crippen LogP contribution in [0.25, 0.3) is 16.8 Å². The average molecular weight is 239 g/mol. The highest BCUT2D eigenvalue weighted by Gasteiger charge is 2.03. The first kappa shape index (κ1) is 10.7. The van der Waals surface area contributed by atoms with Gasteiger partial charge in [0.05, 0.1) is 0 Å². The first-order valence-electron chi connectivity index (χ1n) is 5.67. The summed E-state index contributed by atoms with van der Waals surface area (Å²) in [4.78, 5) is 4.15. The largest absolute Gasteiger partial charge is 0.366 e. The molecule has 0 aliphatic rings. The van der Waals surface area contributed by atoms with Crippen molar-refractivity contribution in [3.8, 4) is 11.1 Å². The number of nitrogens with zero attached hydrogens (tertiary/aromatic N) is 3. The van der Waals surface area contributed by atoms with Gasteiger partial charge >= 0.3 is 0 Å². The predicted octanol–water partition coefficient (Wildman–Crippen LogP) is 1.44. The van der Waals surface area contributed by atoms with Crippen molar-refractivity contribution < 1.29 is 0 Å². The summed E-state index contributed by atoms with van der Waals surface area (Å²) in [6.07, 6.45) is 1.85. The van der Waals surface area contributed by atoms with Gasteiger partial charge in [0.2, 0.25) is 5.95 Å². The van der Waals surface area contributed by atoms with Crippen LogP contribution >= 0.6 is 0 Å². The number of benzene rings is 1. The second-order valence-electron chi connectivity index (χ2n) is 4.09. The number of hydrogen-bond donors (Lipinski definition) is 2. The van der Waals surface area contributed by atoms with E-state index >= 15 is 0 Å². The Morgan fingerprint density at radius 3 is 2.78 bits per heavy atom. The lowest BCUT2D eigenvalue weighted by molar-refractivity contribution is 0.968. The highest BCUT2D eigenvalue weighted by molar-refractivity contribution is 5.68. The molecule has 0 radical (unpaired) electrons. The molecule has 5 nitrogen and oxygen atoms in total. The van der Waals surface area contributed by atoms with Crippen molar-refractivity contribution in [3.05, 3.63) is 48.2 Å². The summed E-state index contributed by atoms with van der Waals surface area (Å²) in [5, 5.41) is 4.04. The van der Waals surface area contributed by atoms with Gasteiger partial charge in [0, 0.05) is 12.7 Å². The van der Waals surface area contributed by atoms with E-state index in [0.717, 1.165) is 22.3 Å². The third kappa shape index (κ3) is 1.80. The van der Waals surface area contributed by atoms with Gasteiger partial charge in [0.25, 0.3) is 0 Å². The van der Waals surface area contributed by atoms with Crippen molar-refractivity contribution in [2.24, 2.45) is 5.73 Å². The molecular formula is C13H13N5. The summed E-state index contributed by atoms with van der Waals surface area (Å²) in [6, 6.07) is 12.1. The van der Waals surface area contributed by atoms with Gasteiger partial charge in [0.1, 0.15) is 0 Å². The minimum Gasteiger partial charge on any atom is -0.366 e.